The summed E-state index contributed by atoms with van der Waals surface area (Å²) in [5.41, 5.74) is 3.79. The molecule has 1 aromatic carbocycles. The van der Waals surface area contributed by atoms with Crippen LogP contribution in [0.2, 0.25) is 0 Å². The van der Waals surface area contributed by atoms with Gasteiger partial charge in [-0.15, -0.1) is 5.10 Å². The number of thioether (sulfide) groups is 1. The molecule has 8 heteroatoms. The van der Waals surface area contributed by atoms with Crippen LogP contribution < -0.4 is 0 Å². The van der Waals surface area contributed by atoms with Crippen LogP contribution >= 0.6 is 11.8 Å². The summed E-state index contributed by atoms with van der Waals surface area (Å²) >= 11 is 1.43. The zero-order valence-corrected chi connectivity index (χ0v) is 17.3. The SMILES string of the molecule is CSc1nc2nc(C)c(CC(=O)O[C@H](C)C(=O)c3ccc(C)cc3)c(C)n2n1. The topological polar surface area (TPSA) is 86.5 Å². The maximum absolute atomic E-state index is 12.5. The maximum Gasteiger partial charge on any atom is 0.311 e. The van der Waals surface area contributed by atoms with Crippen LogP contribution in [0.15, 0.2) is 29.4 Å². The van der Waals surface area contributed by atoms with Crippen molar-refractivity contribution in [1.82, 2.24) is 19.6 Å². The molecule has 0 aliphatic heterocycles. The van der Waals surface area contributed by atoms with Gasteiger partial charge in [-0.1, -0.05) is 41.6 Å². The van der Waals surface area contributed by atoms with Gasteiger partial charge in [-0.2, -0.15) is 4.98 Å². The number of nitrogens with zero attached hydrogens (tertiary/aromatic N) is 4. The van der Waals surface area contributed by atoms with Crippen LogP contribution in [-0.4, -0.2) is 43.7 Å². The number of carbonyl (C=O) groups excluding carboxylic acids is 2. The first-order valence-corrected chi connectivity index (χ1v) is 10.1. The van der Waals surface area contributed by atoms with Crippen LogP contribution in [0.5, 0.6) is 0 Å². The Balaban J connectivity index is 1.75. The molecule has 146 valence electrons. The number of benzene rings is 1. The first-order chi connectivity index (χ1) is 13.3. The Morgan fingerprint density at radius 1 is 1.14 bits per heavy atom. The van der Waals surface area contributed by atoms with Gasteiger partial charge in [0, 0.05) is 22.5 Å². The molecule has 0 amide bonds. The molecule has 28 heavy (non-hydrogen) atoms. The number of aryl methyl sites for hydroxylation is 3. The van der Waals surface area contributed by atoms with Crippen LogP contribution in [0, 0.1) is 20.8 Å². The van der Waals surface area contributed by atoms with E-state index in [1.165, 1.54) is 11.8 Å². The minimum Gasteiger partial charge on any atom is -0.454 e. The van der Waals surface area contributed by atoms with E-state index in [1.54, 1.807) is 23.6 Å². The number of aromatic nitrogens is 4. The lowest BCUT2D eigenvalue weighted by Crippen LogP contribution is -2.26. The predicted octanol–water partition coefficient (Wildman–Crippen LogP) is 3.13. The van der Waals surface area contributed by atoms with Crippen LogP contribution in [0.4, 0.5) is 0 Å². The molecule has 3 aromatic rings. The van der Waals surface area contributed by atoms with Crippen molar-refractivity contribution in [2.24, 2.45) is 0 Å². The molecule has 0 aliphatic carbocycles. The fourth-order valence-corrected chi connectivity index (χ4v) is 3.26. The van der Waals surface area contributed by atoms with E-state index in [0.717, 1.165) is 16.8 Å². The third-order valence-electron chi connectivity index (χ3n) is 4.55. The molecule has 0 saturated carbocycles. The quantitative estimate of drug-likeness (QED) is 0.358. The molecule has 1 atom stereocenters. The molecule has 0 radical (unpaired) electrons. The van der Waals surface area contributed by atoms with Crippen LogP contribution in [0.3, 0.4) is 0 Å². The minimum absolute atomic E-state index is 0.0145. The first kappa shape index (κ1) is 20.0. The Kier molecular flexibility index (Phi) is 5.79. The van der Waals surface area contributed by atoms with Crippen molar-refractivity contribution in [2.75, 3.05) is 6.26 Å². The molecule has 2 aromatic heterocycles. The first-order valence-electron chi connectivity index (χ1n) is 8.87. The van der Waals surface area contributed by atoms with Crippen molar-refractivity contribution in [1.29, 1.82) is 0 Å². The molecular weight excluding hydrogens is 376 g/mol. The number of hydrogen-bond donors (Lipinski definition) is 0. The van der Waals surface area contributed by atoms with E-state index in [-0.39, 0.29) is 12.2 Å². The molecule has 2 heterocycles. The highest BCUT2D eigenvalue weighted by atomic mass is 32.2. The highest BCUT2D eigenvalue weighted by molar-refractivity contribution is 7.98. The second kappa shape index (κ2) is 8.10. The fraction of sp³-hybridized carbons (Fsp3) is 0.350. The van der Waals surface area contributed by atoms with Gasteiger partial charge >= 0.3 is 5.97 Å². The van der Waals surface area contributed by atoms with Crippen molar-refractivity contribution in [3.8, 4) is 0 Å². The molecular formula is C20H22N4O3S. The molecule has 0 bridgehead atoms. The van der Waals surface area contributed by atoms with Crippen LogP contribution in [-0.2, 0) is 16.0 Å². The summed E-state index contributed by atoms with van der Waals surface area (Å²) in [5, 5.41) is 4.99. The largest absolute Gasteiger partial charge is 0.454 e. The molecule has 0 spiro atoms. The zero-order valence-electron chi connectivity index (χ0n) is 16.5. The van der Waals surface area contributed by atoms with E-state index in [0.29, 0.717) is 22.2 Å². The molecule has 0 saturated heterocycles. The number of Topliss-reactive ketones (excluding diaryl/α,β-unsaturated/α-hetero) is 1. The van der Waals surface area contributed by atoms with E-state index in [4.69, 9.17) is 4.74 Å². The van der Waals surface area contributed by atoms with Gasteiger partial charge in [0.25, 0.3) is 5.78 Å². The smallest absolute Gasteiger partial charge is 0.311 e. The zero-order chi connectivity index (χ0) is 20.4. The van der Waals surface area contributed by atoms with Crippen molar-refractivity contribution < 1.29 is 14.3 Å². The summed E-state index contributed by atoms with van der Waals surface area (Å²) in [5.74, 6) is -0.207. The Morgan fingerprint density at radius 2 is 1.82 bits per heavy atom. The van der Waals surface area contributed by atoms with E-state index >= 15 is 0 Å². The second-order valence-corrected chi connectivity index (χ2v) is 7.38. The Hall–Kier alpha value is -2.74. The summed E-state index contributed by atoms with van der Waals surface area (Å²) in [6, 6.07) is 7.19. The Morgan fingerprint density at radius 3 is 2.46 bits per heavy atom. The van der Waals surface area contributed by atoms with Gasteiger partial charge in [-0.25, -0.2) is 9.50 Å². The number of carbonyl (C=O) groups is 2. The van der Waals surface area contributed by atoms with Gasteiger partial charge in [0.15, 0.2) is 6.10 Å². The third kappa shape index (κ3) is 4.06. The summed E-state index contributed by atoms with van der Waals surface area (Å²) in [6.07, 6.45) is 1.05. The Labute approximate surface area is 167 Å². The van der Waals surface area contributed by atoms with Gasteiger partial charge in [-0.3, -0.25) is 9.59 Å². The highest BCUT2D eigenvalue weighted by Crippen LogP contribution is 2.18. The van der Waals surface area contributed by atoms with Crippen molar-refractivity contribution in [3.63, 3.8) is 0 Å². The van der Waals surface area contributed by atoms with Crippen LogP contribution in [0.25, 0.3) is 5.78 Å². The Bertz CT molecular complexity index is 1040. The highest BCUT2D eigenvalue weighted by Gasteiger charge is 2.22. The van der Waals surface area contributed by atoms with E-state index in [2.05, 4.69) is 15.1 Å². The average molecular weight is 398 g/mol. The minimum atomic E-state index is -0.859. The van der Waals surface area contributed by atoms with Crippen LogP contribution in [0.1, 0.15) is 39.8 Å². The number of esters is 1. The van der Waals surface area contributed by atoms with Crippen molar-refractivity contribution in [2.45, 2.75) is 45.4 Å². The number of ketones is 1. The van der Waals surface area contributed by atoms with Gasteiger partial charge in [0.1, 0.15) is 0 Å². The fourth-order valence-electron chi connectivity index (χ4n) is 2.92. The number of ether oxygens (including phenoxy) is 1. The standard InChI is InChI=1S/C20H22N4O3S/c1-11-6-8-15(9-7-11)18(26)14(4)27-17(25)10-16-12(2)21-19-22-20(28-5)23-24(19)13(16)3/h6-9,14H,10H2,1-5H3/t14-/m1/s1. The van der Waals surface area contributed by atoms with E-state index < -0.39 is 12.1 Å². The molecule has 0 aliphatic rings. The lowest BCUT2D eigenvalue weighted by Gasteiger charge is -2.14. The normalized spacial score (nSPS) is 12.2. The van der Waals surface area contributed by atoms with E-state index in [9.17, 15) is 9.59 Å². The average Bonchev–Trinajstić information content (AvgIpc) is 3.08. The summed E-state index contributed by atoms with van der Waals surface area (Å²) < 4.78 is 7.01. The van der Waals surface area contributed by atoms with E-state index in [1.807, 2.05) is 39.2 Å². The number of fused-ring (bicyclic) bond motifs is 1. The summed E-state index contributed by atoms with van der Waals surface area (Å²) in [4.78, 5) is 33.7. The second-order valence-electron chi connectivity index (χ2n) is 6.61. The maximum atomic E-state index is 12.5. The molecule has 0 fully saturated rings. The summed E-state index contributed by atoms with van der Waals surface area (Å²) in [6.45, 7) is 7.22. The lowest BCUT2D eigenvalue weighted by atomic mass is 10.1. The van der Waals surface area contributed by atoms with Gasteiger partial charge in [0.2, 0.25) is 10.9 Å². The molecule has 0 unspecified atom stereocenters. The number of hydrogen-bond acceptors (Lipinski definition) is 7. The molecule has 0 N–H and O–H groups in total. The lowest BCUT2D eigenvalue weighted by molar-refractivity contribution is -0.145. The molecule has 3 rings (SSSR count). The molecule has 7 nitrogen and oxygen atoms in total. The van der Waals surface area contributed by atoms with Gasteiger partial charge < -0.3 is 4.74 Å². The van der Waals surface area contributed by atoms with Gasteiger partial charge in [-0.05, 0) is 34.0 Å². The number of rotatable bonds is 6. The monoisotopic (exact) mass is 398 g/mol. The summed E-state index contributed by atoms with van der Waals surface area (Å²) in [7, 11) is 0. The van der Waals surface area contributed by atoms with Gasteiger partial charge in [0.05, 0.1) is 6.42 Å². The van der Waals surface area contributed by atoms with Crippen molar-refractivity contribution >= 4 is 29.3 Å². The van der Waals surface area contributed by atoms with Crippen molar-refractivity contribution in [3.05, 3.63) is 52.3 Å². The predicted molar refractivity (Wildman–Crippen MR) is 107 cm³/mol. The third-order valence-corrected chi connectivity index (χ3v) is 5.08.